The minimum Gasteiger partial charge on any atom is -0.267 e. The van der Waals surface area contributed by atoms with Gasteiger partial charge in [-0.25, -0.2) is 0 Å². The summed E-state index contributed by atoms with van der Waals surface area (Å²) in [6.07, 6.45) is 5.32. The second-order valence-electron chi connectivity index (χ2n) is 4.53. The van der Waals surface area contributed by atoms with Crippen LogP contribution in [0.25, 0.3) is 0 Å². The summed E-state index contributed by atoms with van der Waals surface area (Å²) in [5.41, 5.74) is 0. The Morgan fingerprint density at radius 2 is 1.79 bits per heavy atom. The molecule has 1 rings (SSSR count). The molecule has 0 saturated heterocycles. The van der Waals surface area contributed by atoms with E-state index >= 15 is 0 Å². The third-order valence-corrected chi connectivity index (χ3v) is 3.51. The first-order chi connectivity index (χ1) is 6.40. The molecule has 1 saturated carbocycles. The lowest BCUT2D eigenvalue weighted by Crippen LogP contribution is -2.32. The molecule has 0 spiro atoms. The van der Waals surface area contributed by atoms with E-state index < -0.39 is 10.1 Å². The van der Waals surface area contributed by atoms with Crippen LogP contribution in [0.15, 0.2) is 0 Å². The molecular weight excluding hydrogens is 200 g/mol. The zero-order chi connectivity index (χ0) is 10.8. The molecule has 0 radical (unpaired) electrons. The van der Waals surface area contributed by atoms with E-state index in [-0.39, 0.29) is 6.10 Å². The van der Waals surface area contributed by atoms with Gasteiger partial charge in [-0.2, -0.15) is 8.42 Å². The van der Waals surface area contributed by atoms with Crippen molar-refractivity contribution in [2.75, 3.05) is 6.26 Å². The van der Waals surface area contributed by atoms with Crippen molar-refractivity contribution in [2.45, 2.75) is 45.6 Å². The Labute approximate surface area is 87.0 Å². The summed E-state index contributed by atoms with van der Waals surface area (Å²) in [5.74, 6) is 0.903. The van der Waals surface area contributed by atoms with E-state index in [2.05, 4.69) is 13.8 Å². The van der Waals surface area contributed by atoms with Gasteiger partial charge in [-0.05, 0) is 24.7 Å². The van der Waals surface area contributed by atoms with Crippen LogP contribution in [0.2, 0.25) is 0 Å². The Balaban J connectivity index is 2.63. The van der Waals surface area contributed by atoms with Crippen molar-refractivity contribution in [3.63, 3.8) is 0 Å². The van der Waals surface area contributed by atoms with Crippen LogP contribution in [0, 0.1) is 11.8 Å². The summed E-state index contributed by atoms with van der Waals surface area (Å²) in [6, 6.07) is 0. The predicted octanol–water partition coefficient (Wildman–Crippen LogP) is 2.18. The van der Waals surface area contributed by atoms with Crippen LogP contribution < -0.4 is 0 Å². The van der Waals surface area contributed by atoms with Crippen molar-refractivity contribution in [3.8, 4) is 0 Å². The normalized spacial score (nSPS) is 29.4. The Morgan fingerprint density at radius 3 is 2.29 bits per heavy atom. The average molecular weight is 220 g/mol. The first-order valence-corrected chi connectivity index (χ1v) is 7.10. The van der Waals surface area contributed by atoms with Crippen LogP contribution in [0.3, 0.4) is 0 Å². The molecule has 0 aromatic rings. The molecule has 0 aliphatic heterocycles. The van der Waals surface area contributed by atoms with E-state index in [1.807, 2.05) is 0 Å². The predicted molar refractivity (Wildman–Crippen MR) is 56.5 cm³/mol. The topological polar surface area (TPSA) is 43.4 Å². The molecule has 84 valence electrons. The molecule has 1 aliphatic carbocycles. The fraction of sp³-hybridized carbons (Fsp3) is 1.00. The van der Waals surface area contributed by atoms with Crippen molar-refractivity contribution in [1.82, 2.24) is 0 Å². The fourth-order valence-electron chi connectivity index (χ4n) is 2.23. The molecule has 4 heteroatoms. The molecule has 0 bridgehead atoms. The highest BCUT2D eigenvalue weighted by atomic mass is 32.2. The summed E-state index contributed by atoms with van der Waals surface area (Å²) in [6.45, 7) is 4.27. The highest BCUT2D eigenvalue weighted by molar-refractivity contribution is 7.86. The van der Waals surface area contributed by atoms with Gasteiger partial charge >= 0.3 is 0 Å². The van der Waals surface area contributed by atoms with Gasteiger partial charge in [0.2, 0.25) is 0 Å². The van der Waals surface area contributed by atoms with E-state index in [4.69, 9.17) is 4.18 Å². The van der Waals surface area contributed by atoms with Crippen LogP contribution in [0.5, 0.6) is 0 Å². The SMILES string of the molecule is CC(C)C1CCCCC1OS(C)(=O)=O. The quantitative estimate of drug-likeness (QED) is 0.685. The molecule has 0 aromatic carbocycles. The average Bonchev–Trinajstić information content (AvgIpc) is 2.01. The lowest BCUT2D eigenvalue weighted by atomic mass is 9.79. The minimum atomic E-state index is -3.29. The second kappa shape index (κ2) is 4.62. The zero-order valence-electron chi connectivity index (χ0n) is 9.19. The van der Waals surface area contributed by atoms with Gasteiger partial charge in [0.1, 0.15) is 0 Å². The van der Waals surface area contributed by atoms with Gasteiger partial charge in [0, 0.05) is 0 Å². The van der Waals surface area contributed by atoms with Gasteiger partial charge < -0.3 is 0 Å². The largest absolute Gasteiger partial charge is 0.267 e. The summed E-state index contributed by atoms with van der Waals surface area (Å²) >= 11 is 0. The molecule has 2 atom stereocenters. The maximum absolute atomic E-state index is 11.0. The van der Waals surface area contributed by atoms with Gasteiger partial charge in [0.15, 0.2) is 0 Å². The maximum Gasteiger partial charge on any atom is 0.264 e. The molecule has 2 unspecified atom stereocenters. The van der Waals surface area contributed by atoms with E-state index in [9.17, 15) is 8.42 Å². The van der Waals surface area contributed by atoms with Crippen molar-refractivity contribution >= 4 is 10.1 Å². The third kappa shape index (κ3) is 3.58. The molecule has 0 amide bonds. The van der Waals surface area contributed by atoms with Gasteiger partial charge in [-0.3, -0.25) is 4.18 Å². The summed E-state index contributed by atoms with van der Waals surface area (Å²) in [4.78, 5) is 0. The molecule has 1 fully saturated rings. The van der Waals surface area contributed by atoms with Crippen LogP contribution in [0.1, 0.15) is 39.5 Å². The molecular formula is C10H20O3S. The van der Waals surface area contributed by atoms with Crippen molar-refractivity contribution < 1.29 is 12.6 Å². The van der Waals surface area contributed by atoms with E-state index in [0.717, 1.165) is 25.5 Å². The van der Waals surface area contributed by atoms with E-state index in [0.29, 0.717) is 11.8 Å². The highest BCUT2D eigenvalue weighted by Crippen LogP contribution is 2.32. The standard InChI is InChI=1S/C10H20O3S/c1-8(2)9-6-4-5-7-10(9)13-14(3,11)12/h8-10H,4-7H2,1-3H3. The molecule has 1 aliphatic rings. The van der Waals surface area contributed by atoms with Crippen molar-refractivity contribution in [3.05, 3.63) is 0 Å². The van der Waals surface area contributed by atoms with Crippen molar-refractivity contribution in [1.29, 1.82) is 0 Å². The number of hydrogen-bond donors (Lipinski definition) is 0. The van der Waals surface area contributed by atoms with Crippen LogP contribution in [-0.4, -0.2) is 20.8 Å². The molecule has 0 N–H and O–H groups in total. The second-order valence-corrected chi connectivity index (χ2v) is 6.13. The Hall–Kier alpha value is -0.0900. The minimum absolute atomic E-state index is 0.0845. The maximum atomic E-state index is 11.0. The summed E-state index contributed by atoms with van der Waals surface area (Å²) < 4.78 is 27.2. The number of hydrogen-bond acceptors (Lipinski definition) is 3. The Morgan fingerprint density at radius 1 is 1.21 bits per heavy atom. The molecule has 0 aromatic heterocycles. The first-order valence-electron chi connectivity index (χ1n) is 5.28. The van der Waals surface area contributed by atoms with Gasteiger partial charge in [-0.15, -0.1) is 0 Å². The molecule has 3 nitrogen and oxygen atoms in total. The third-order valence-electron chi connectivity index (χ3n) is 2.91. The van der Waals surface area contributed by atoms with Gasteiger partial charge in [0.05, 0.1) is 12.4 Å². The lowest BCUT2D eigenvalue weighted by Gasteiger charge is -2.33. The zero-order valence-corrected chi connectivity index (χ0v) is 10.0. The fourth-order valence-corrected chi connectivity index (χ4v) is 2.92. The van der Waals surface area contributed by atoms with Crippen LogP contribution in [-0.2, 0) is 14.3 Å². The van der Waals surface area contributed by atoms with Crippen LogP contribution in [0.4, 0.5) is 0 Å². The Kier molecular flexibility index (Phi) is 3.95. The number of rotatable bonds is 3. The summed E-state index contributed by atoms with van der Waals surface area (Å²) in [5, 5.41) is 0. The van der Waals surface area contributed by atoms with E-state index in [1.54, 1.807) is 0 Å². The smallest absolute Gasteiger partial charge is 0.264 e. The van der Waals surface area contributed by atoms with Crippen molar-refractivity contribution in [2.24, 2.45) is 11.8 Å². The molecule has 0 heterocycles. The highest BCUT2D eigenvalue weighted by Gasteiger charge is 2.30. The molecule has 14 heavy (non-hydrogen) atoms. The first kappa shape index (κ1) is 12.0. The monoisotopic (exact) mass is 220 g/mol. The van der Waals surface area contributed by atoms with Crippen LogP contribution >= 0.6 is 0 Å². The van der Waals surface area contributed by atoms with Gasteiger partial charge in [0.25, 0.3) is 10.1 Å². The van der Waals surface area contributed by atoms with E-state index in [1.165, 1.54) is 6.42 Å². The summed E-state index contributed by atoms with van der Waals surface area (Å²) in [7, 11) is -3.29. The van der Waals surface area contributed by atoms with Gasteiger partial charge in [-0.1, -0.05) is 26.7 Å². The lowest BCUT2D eigenvalue weighted by molar-refractivity contribution is 0.0729. The Bertz CT molecular complexity index is 269.